The molecule has 5 aliphatic rings. The van der Waals surface area contributed by atoms with E-state index < -0.39 is 18.2 Å². The predicted octanol–water partition coefficient (Wildman–Crippen LogP) is 8.34. The van der Waals surface area contributed by atoms with Gasteiger partial charge in [-0.15, -0.1) is 10.2 Å². The zero-order valence-electron chi connectivity index (χ0n) is 46.1. The molecule has 3 N–H and O–H groups in total. The SMILES string of the molecule is C=C1c2ccccc2CN1[C@H](C(=O)N1CC(O)C[C@H]1C(=O)NCc1ccc(C2=C(C)N=CC2)cc1OCCOCCOCCOCCCC(=O)CC1NC(c2ccc(C)cc2)C2C(C)=C(C)CC2n2c(C)nnc21)C(C)C. The lowest BCUT2D eigenvalue weighted by Gasteiger charge is -2.36. The maximum absolute atomic E-state index is 14.4. The van der Waals surface area contributed by atoms with Crippen LogP contribution >= 0.6 is 0 Å². The predicted molar refractivity (Wildman–Crippen MR) is 297 cm³/mol. The highest BCUT2D eigenvalue weighted by Crippen LogP contribution is 2.50. The van der Waals surface area contributed by atoms with Crippen molar-refractivity contribution >= 4 is 35.1 Å². The molecule has 9 rings (SSSR count). The number of aliphatic imine (C=N–C) groups is 1. The van der Waals surface area contributed by atoms with Gasteiger partial charge in [0.25, 0.3) is 0 Å². The minimum absolute atomic E-state index is 0.0433. The number of ketones is 1. The summed E-state index contributed by atoms with van der Waals surface area (Å²) >= 11 is 0. The first-order valence-electron chi connectivity index (χ1n) is 27.6. The van der Waals surface area contributed by atoms with Crippen LogP contribution in [0.2, 0.25) is 0 Å². The summed E-state index contributed by atoms with van der Waals surface area (Å²) in [6, 6.07) is 21.3. The Kier molecular flexibility index (Phi) is 18.0. The van der Waals surface area contributed by atoms with E-state index >= 15 is 0 Å². The van der Waals surface area contributed by atoms with Crippen LogP contribution in [-0.4, -0.2) is 124 Å². The molecule has 2 amide bonds. The molecule has 1 saturated heterocycles. The van der Waals surface area contributed by atoms with Crippen LogP contribution in [0.5, 0.6) is 5.75 Å². The van der Waals surface area contributed by atoms with Crippen molar-refractivity contribution in [1.82, 2.24) is 35.2 Å². The first-order valence-corrected chi connectivity index (χ1v) is 27.6. The Labute approximate surface area is 454 Å². The van der Waals surface area contributed by atoms with Crippen LogP contribution in [0, 0.1) is 25.7 Å². The number of aryl methyl sites for hydroxylation is 2. The maximum atomic E-state index is 14.4. The number of Topliss-reactive ketones (excluding diaryl/α,β-unsaturated/α-hetero) is 1. The summed E-state index contributed by atoms with van der Waals surface area (Å²) in [6.45, 7) is 22.3. The zero-order chi connectivity index (χ0) is 54.3. The molecular formula is C61H78N8O8. The number of amides is 2. The molecule has 16 nitrogen and oxygen atoms in total. The van der Waals surface area contributed by atoms with Crippen molar-refractivity contribution in [3.8, 4) is 5.75 Å². The van der Waals surface area contributed by atoms with Gasteiger partial charge in [-0.25, -0.2) is 0 Å². The smallest absolute Gasteiger partial charge is 0.246 e. The van der Waals surface area contributed by atoms with Crippen molar-refractivity contribution in [2.75, 3.05) is 52.8 Å². The molecule has 77 heavy (non-hydrogen) atoms. The molecule has 16 heteroatoms. The third-order valence-electron chi connectivity index (χ3n) is 16.2. The molecule has 5 heterocycles. The highest BCUT2D eigenvalue weighted by molar-refractivity contribution is 5.92. The summed E-state index contributed by atoms with van der Waals surface area (Å²) in [5, 5.41) is 26.9. The monoisotopic (exact) mass is 1050 g/mol. The summed E-state index contributed by atoms with van der Waals surface area (Å²) in [7, 11) is 0. The lowest BCUT2D eigenvalue weighted by molar-refractivity contribution is -0.143. The largest absolute Gasteiger partial charge is 0.491 e. The molecule has 5 unspecified atom stereocenters. The molecule has 410 valence electrons. The van der Waals surface area contributed by atoms with Gasteiger partial charge in [-0.1, -0.05) is 97.8 Å². The number of likely N-dealkylation sites (tertiary alicyclic amines) is 1. The Morgan fingerprint density at radius 1 is 0.896 bits per heavy atom. The zero-order valence-corrected chi connectivity index (χ0v) is 46.1. The standard InChI is InChI=1S/C61H78N8O8/c1-37(2)58(67-35-47-12-9-10-14-51(47)42(67)7)61(73)68-36-49(71)33-54(68)60(72)63-34-46-20-19-45(50-21-22-62-41(50)6)31-55(46)77-29-28-76-27-26-75-25-24-74-23-11-13-48(70)32-52-59-66-65-43(8)69(59)53-30-39(4)40(5)56(53)57(64-52)44-17-15-38(3)16-18-44/h9-10,12,14-20,22,31,37,49,52-54,56-58,64,71H,7,11,13,21,23-30,32-36H2,1-6,8H3,(H,63,72)/t49?,52?,53?,54-,56?,57?,58-/m0/s1. The molecule has 1 fully saturated rings. The number of nitrogens with one attached hydrogen (secondary N) is 2. The molecule has 3 aromatic carbocycles. The second-order valence-corrected chi connectivity index (χ2v) is 21.8. The fourth-order valence-corrected chi connectivity index (χ4v) is 12.1. The van der Waals surface area contributed by atoms with Gasteiger partial charge in [0.05, 0.1) is 45.2 Å². The Morgan fingerprint density at radius 3 is 2.34 bits per heavy atom. The van der Waals surface area contributed by atoms with E-state index in [4.69, 9.17) is 18.9 Å². The van der Waals surface area contributed by atoms with E-state index in [1.165, 1.54) is 22.3 Å². The van der Waals surface area contributed by atoms with Gasteiger partial charge in [-0.3, -0.25) is 24.7 Å². The second-order valence-electron chi connectivity index (χ2n) is 21.8. The Hall–Kier alpha value is -6.30. The van der Waals surface area contributed by atoms with E-state index in [0.717, 1.165) is 63.7 Å². The molecule has 0 bridgehead atoms. The van der Waals surface area contributed by atoms with Crippen LogP contribution in [-0.2, 0) is 41.7 Å². The first kappa shape index (κ1) is 55.5. The topological polar surface area (TPSA) is 182 Å². The summed E-state index contributed by atoms with van der Waals surface area (Å²) < 4.78 is 26.1. The van der Waals surface area contributed by atoms with E-state index in [-0.39, 0.29) is 73.7 Å². The van der Waals surface area contributed by atoms with Crippen LogP contribution in [0.1, 0.15) is 136 Å². The molecular weight excluding hydrogens is 973 g/mol. The second kappa shape index (κ2) is 25.0. The Morgan fingerprint density at radius 2 is 1.62 bits per heavy atom. The van der Waals surface area contributed by atoms with E-state index in [1.54, 1.807) is 4.90 Å². The molecule has 1 aromatic heterocycles. The van der Waals surface area contributed by atoms with Gasteiger partial charge in [-0.2, -0.15) is 0 Å². The maximum Gasteiger partial charge on any atom is 0.246 e. The first-order chi connectivity index (χ1) is 37.2. The normalized spacial score (nSPS) is 22.2. The number of rotatable bonds is 24. The number of aromatic nitrogens is 3. The lowest BCUT2D eigenvalue weighted by Crippen LogP contribution is -2.54. The number of fused-ring (bicyclic) bond motifs is 4. The Balaban J connectivity index is 0.697. The molecule has 1 aliphatic carbocycles. The number of benzene rings is 3. The Bertz CT molecular complexity index is 2890. The highest BCUT2D eigenvalue weighted by atomic mass is 16.6. The van der Waals surface area contributed by atoms with Crippen molar-refractivity contribution in [3.63, 3.8) is 0 Å². The molecule has 0 spiro atoms. The van der Waals surface area contributed by atoms with Crippen molar-refractivity contribution in [2.24, 2.45) is 16.8 Å². The minimum atomic E-state index is -0.830. The quantitative estimate of drug-likeness (QED) is 0.0452. The molecule has 0 saturated carbocycles. The van der Waals surface area contributed by atoms with Gasteiger partial charge >= 0.3 is 0 Å². The number of carbonyl (C=O) groups is 3. The number of aliphatic hydroxyl groups excluding tert-OH is 1. The van der Waals surface area contributed by atoms with Crippen LogP contribution in [0.4, 0.5) is 0 Å². The number of aliphatic hydroxyl groups is 1. The van der Waals surface area contributed by atoms with Gasteiger partial charge in [0.15, 0.2) is 5.82 Å². The third kappa shape index (κ3) is 12.5. The van der Waals surface area contributed by atoms with E-state index in [9.17, 15) is 19.5 Å². The third-order valence-corrected chi connectivity index (χ3v) is 16.2. The number of ether oxygens (including phenoxy) is 4. The van der Waals surface area contributed by atoms with Gasteiger partial charge in [0.1, 0.15) is 36.0 Å². The highest BCUT2D eigenvalue weighted by Gasteiger charge is 2.46. The van der Waals surface area contributed by atoms with Crippen LogP contribution in [0.3, 0.4) is 0 Å². The van der Waals surface area contributed by atoms with Crippen molar-refractivity contribution in [3.05, 3.63) is 135 Å². The number of hydrogen-bond donors (Lipinski definition) is 3. The van der Waals surface area contributed by atoms with E-state index in [2.05, 4.69) is 88.1 Å². The summed E-state index contributed by atoms with van der Waals surface area (Å²) in [6.07, 6.45) is 4.25. The number of carbonyl (C=O) groups excluding carboxylic acids is 3. The summed E-state index contributed by atoms with van der Waals surface area (Å²) in [5.74, 6) is 2.13. The van der Waals surface area contributed by atoms with Crippen LogP contribution in [0.25, 0.3) is 11.3 Å². The van der Waals surface area contributed by atoms with Crippen LogP contribution < -0.4 is 15.4 Å². The van der Waals surface area contributed by atoms with Gasteiger partial charge < -0.3 is 43.7 Å². The van der Waals surface area contributed by atoms with Gasteiger partial charge in [0, 0.05) is 98.7 Å². The number of hydrogen-bond acceptors (Lipinski definition) is 13. The van der Waals surface area contributed by atoms with Gasteiger partial charge in [-0.05, 0) is 81.7 Å². The number of allylic oxidation sites excluding steroid dienone is 3. The van der Waals surface area contributed by atoms with Crippen molar-refractivity contribution < 1.29 is 38.4 Å². The van der Waals surface area contributed by atoms with E-state index in [1.807, 2.05) is 75.2 Å². The average Bonchev–Trinajstić information content (AvgIpc) is 4.33. The fraction of sp³-hybridized carbons (Fsp3) is 0.508. The molecule has 7 atom stereocenters. The lowest BCUT2D eigenvalue weighted by atomic mass is 9.85. The number of nitrogens with zero attached hydrogens (tertiary/aromatic N) is 6. The molecule has 4 aliphatic heterocycles. The average molecular weight is 1050 g/mol. The minimum Gasteiger partial charge on any atom is -0.491 e. The molecule has 0 radical (unpaired) electrons. The fourth-order valence-electron chi connectivity index (χ4n) is 12.1. The van der Waals surface area contributed by atoms with Crippen LogP contribution in [0.15, 0.2) is 95.1 Å². The van der Waals surface area contributed by atoms with Crippen molar-refractivity contribution in [2.45, 2.75) is 136 Å². The number of β-amino-alcohol motifs (C(OH)–C–C–N with tert-alkyl or cyclic N) is 1. The summed E-state index contributed by atoms with van der Waals surface area (Å²) in [5.41, 5.74) is 12.0. The summed E-state index contributed by atoms with van der Waals surface area (Å²) in [4.78, 5) is 50.0. The molecule has 4 aromatic rings. The van der Waals surface area contributed by atoms with E-state index in [0.29, 0.717) is 71.2 Å². The van der Waals surface area contributed by atoms with Gasteiger partial charge in [0.2, 0.25) is 11.8 Å². The van der Waals surface area contributed by atoms with Crippen molar-refractivity contribution in [1.29, 1.82) is 0 Å².